The molecule has 0 aliphatic carbocycles. The maximum Gasteiger partial charge on any atom is 0.265 e. The number of amides is 1. The van der Waals surface area contributed by atoms with Gasteiger partial charge in [-0.15, -0.1) is 0 Å². The average molecular weight is 592 g/mol. The monoisotopic (exact) mass is 590 g/mol. The van der Waals surface area contributed by atoms with E-state index >= 15 is 0 Å². The van der Waals surface area contributed by atoms with Crippen LogP contribution in [-0.4, -0.2) is 26.2 Å². The van der Waals surface area contributed by atoms with E-state index in [4.69, 9.17) is 39.8 Å². The fraction of sp³-hybridized carbons (Fsp3) is 0.100. The van der Waals surface area contributed by atoms with Crippen LogP contribution >= 0.6 is 34.8 Å². The summed E-state index contributed by atoms with van der Waals surface area (Å²) in [4.78, 5) is 48.3. The Balaban J connectivity index is 1.96. The van der Waals surface area contributed by atoms with Crippen LogP contribution in [0.3, 0.4) is 0 Å². The normalized spacial score (nSPS) is 11.0. The van der Waals surface area contributed by atoms with Crippen molar-refractivity contribution in [3.63, 3.8) is 0 Å². The first-order valence-corrected chi connectivity index (χ1v) is 13.3. The van der Waals surface area contributed by atoms with Gasteiger partial charge < -0.3 is 5.32 Å². The number of aromatic nitrogens is 3. The number of ketones is 1. The highest BCUT2D eigenvalue weighted by Crippen LogP contribution is 2.39. The van der Waals surface area contributed by atoms with Gasteiger partial charge in [0.25, 0.3) is 5.56 Å². The summed E-state index contributed by atoms with van der Waals surface area (Å²) in [6, 6.07) is 19.3. The first-order valence-electron chi connectivity index (χ1n) is 12.2. The maximum atomic E-state index is 13.8. The van der Waals surface area contributed by atoms with Crippen LogP contribution in [0.1, 0.15) is 29.9 Å². The Morgan fingerprint density at radius 2 is 1.62 bits per heavy atom. The summed E-state index contributed by atoms with van der Waals surface area (Å²) in [7, 11) is 0. The van der Waals surface area contributed by atoms with Crippen LogP contribution in [0.5, 0.6) is 0 Å². The van der Waals surface area contributed by atoms with Gasteiger partial charge in [0, 0.05) is 39.7 Å². The molecule has 3 aromatic heterocycles. The van der Waals surface area contributed by atoms with Crippen LogP contribution < -0.4 is 10.9 Å². The van der Waals surface area contributed by atoms with Crippen molar-refractivity contribution < 1.29 is 9.59 Å². The summed E-state index contributed by atoms with van der Waals surface area (Å²) >= 11 is 19.0. The van der Waals surface area contributed by atoms with E-state index in [1.165, 1.54) is 18.4 Å². The molecule has 0 bridgehead atoms. The summed E-state index contributed by atoms with van der Waals surface area (Å²) in [5.41, 5.74) is 2.59. The summed E-state index contributed by atoms with van der Waals surface area (Å²) < 4.78 is 1.39. The van der Waals surface area contributed by atoms with Crippen molar-refractivity contribution >= 4 is 63.2 Å². The molecule has 0 spiro atoms. The van der Waals surface area contributed by atoms with E-state index in [9.17, 15) is 14.4 Å². The van der Waals surface area contributed by atoms with Crippen molar-refractivity contribution in [2.75, 3.05) is 5.32 Å². The summed E-state index contributed by atoms with van der Waals surface area (Å²) in [5.74, 6) is -0.938. The molecule has 0 unspecified atom stereocenters. The highest BCUT2D eigenvalue weighted by Gasteiger charge is 2.25. The van der Waals surface area contributed by atoms with Crippen LogP contribution in [0.4, 0.5) is 5.69 Å². The fourth-order valence-electron chi connectivity index (χ4n) is 4.54. The number of halogens is 3. The third-order valence-electron chi connectivity index (χ3n) is 6.28. The van der Waals surface area contributed by atoms with Gasteiger partial charge in [0.05, 0.1) is 28.6 Å². The lowest BCUT2D eigenvalue weighted by Crippen LogP contribution is -2.30. The molecular formula is C30H21Cl3N4O3. The Morgan fingerprint density at radius 1 is 0.900 bits per heavy atom. The summed E-state index contributed by atoms with van der Waals surface area (Å²) in [6.07, 6.45) is 1.62. The van der Waals surface area contributed by atoms with Crippen LogP contribution in [-0.2, 0) is 11.3 Å². The van der Waals surface area contributed by atoms with E-state index in [2.05, 4.69) is 10.3 Å². The van der Waals surface area contributed by atoms with Gasteiger partial charge in [-0.2, -0.15) is 0 Å². The number of carbonyl (C=O) groups excluding carboxylic acids is 2. The molecule has 0 saturated heterocycles. The number of nitrogens with zero attached hydrogens (tertiary/aromatic N) is 3. The molecule has 1 amide bonds. The molecule has 0 aliphatic heterocycles. The standard InChI is InChI=1S/C30H21Cl3N4O3/c1-16(38)26-28(35-17(2)39)24-14-23(18-6-8-19(31)9-7-18)27(22-11-10-20(32)13-25(22)33)36-29(24)37(30(26)40)15-21-5-3-4-12-34-21/h3-14H,15H2,1-2H3,(H,35,39). The second kappa shape index (κ2) is 11.2. The predicted molar refractivity (Wildman–Crippen MR) is 160 cm³/mol. The number of fused-ring (bicyclic) bond motifs is 1. The maximum absolute atomic E-state index is 13.8. The molecule has 1 N–H and O–H groups in total. The molecule has 5 rings (SSSR count). The van der Waals surface area contributed by atoms with Gasteiger partial charge in [-0.1, -0.05) is 53.0 Å². The van der Waals surface area contributed by atoms with Crippen LogP contribution in [0, 0.1) is 0 Å². The van der Waals surface area contributed by atoms with E-state index in [1.54, 1.807) is 60.8 Å². The molecule has 0 radical (unpaired) electrons. The lowest BCUT2D eigenvalue weighted by Gasteiger charge is -2.20. The van der Waals surface area contributed by atoms with Gasteiger partial charge in [0.2, 0.25) is 5.91 Å². The predicted octanol–water partition coefficient (Wildman–Crippen LogP) is 7.30. The average Bonchev–Trinajstić information content (AvgIpc) is 2.91. The minimum atomic E-state index is -0.603. The fourth-order valence-corrected chi connectivity index (χ4v) is 5.16. The van der Waals surface area contributed by atoms with Crippen LogP contribution in [0.15, 0.2) is 77.7 Å². The third kappa shape index (κ3) is 5.36. The van der Waals surface area contributed by atoms with E-state index in [0.29, 0.717) is 43.0 Å². The molecule has 10 heteroatoms. The molecular weight excluding hydrogens is 571 g/mol. The molecule has 0 aliphatic rings. The van der Waals surface area contributed by atoms with Crippen molar-refractivity contribution in [3.8, 4) is 22.4 Å². The Labute approximate surface area is 244 Å². The summed E-state index contributed by atoms with van der Waals surface area (Å²) in [6.45, 7) is 2.64. The number of hydrogen-bond acceptors (Lipinski definition) is 5. The van der Waals surface area contributed by atoms with Gasteiger partial charge in [-0.3, -0.25) is 23.9 Å². The first-order chi connectivity index (χ1) is 19.1. The number of nitrogens with one attached hydrogen (secondary N) is 1. The number of benzene rings is 2. The van der Waals surface area contributed by atoms with E-state index < -0.39 is 17.2 Å². The zero-order chi connectivity index (χ0) is 28.6. The smallest absolute Gasteiger partial charge is 0.265 e. The second-order valence-corrected chi connectivity index (χ2v) is 10.4. The Morgan fingerprint density at radius 3 is 2.25 bits per heavy atom. The van der Waals surface area contributed by atoms with Gasteiger partial charge >= 0.3 is 0 Å². The van der Waals surface area contributed by atoms with Crippen molar-refractivity contribution in [1.29, 1.82) is 0 Å². The lowest BCUT2D eigenvalue weighted by atomic mass is 9.96. The van der Waals surface area contributed by atoms with Crippen molar-refractivity contribution in [2.45, 2.75) is 20.4 Å². The molecule has 0 saturated carbocycles. The number of carbonyl (C=O) groups is 2. The number of anilines is 1. The largest absolute Gasteiger partial charge is 0.325 e. The van der Waals surface area contributed by atoms with Gasteiger partial charge in [-0.05, 0) is 61.0 Å². The number of Topliss-reactive ketones (excluding diaryl/α,β-unsaturated/α-hetero) is 1. The Kier molecular flexibility index (Phi) is 7.72. The van der Waals surface area contributed by atoms with Crippen LogP contribution in [0.25, 0.3) is 33.4 Å². The SMILES string of the molecule is CC(=O)Nc1c(C(C)=O)c(=O)n(Cc2ccccn2)c2nc(-c3ccc(Cl)cc3Cl)c(-c3ccc(Cl)cc3)cc12. The minimum Gasteiger partial charge on any atom is -0.325 e. The van der Waals surface area contributed by atoms with Gasteiger partial charge in [-0.25, -0.2) is 4.98 Å². The zero-order valence-electron chi connectivity index (χ0n) is 21.3. The second-order valence-electron chi connectivity index (χ2n) is 9.09. The minimum absolute atomic E-state index is 0.0396. The number of pyridine rings is 3. The zero-order valence-corrected chi connectivity index (χ0v) is 23.6. The van der Waals surface area contributed by atoms with E-state index in [0.717, 1.165) is 5.56 Å². The Bertz CT molecular complexity index is 1850. The van der Waals surface area contributed by atoms with Crippen molar-refractivity contribution in [3.05, 3.63) is 110 Å². The first kappa shape index (κ1) is 27.5. The van der Waals surface area contributed by atoms with Crippen LogP contribution in [0.2, 0.25) is 15.1 Å². The number of hydrogen-bond donors (Lipinski definition) is 1. The molecule has 7 nitrogen and oxygen atoms in total. The molecule has 3 heterocycles. The molecule has 40 heavy (non-hydrogen) atoms. The molecule has 2 aromatic carbocycles. The van der Waals surface area contributed by atoms with Gasteiger partial charge in [0.1, 0.15) is 11.2 Å². The van der Waals surface area contributed by atoms with Gasteiger partial charge in [0.15, 0.2) is 5.78 Å². The highest BCUT2D eigenvalue weighted by molar-refractivity contribution is 6.36. The molecule has 5 aromatic rings. The topological polar surface area (TPSA) is 94.0 Å². The van der Waals surface area contributed by atoms with E-state index in [-0.39, 0.29) is 23.4 Å². The van der Waals surface area contributed by atoms with Crippen molar-refractivity contribution in [1.82, 2.24) is 14.5 Å². The molecule has 200 valence electrons. The van der Waals surface area contributed by atoms with E-state index in [1.807, 2.05) is 12.1 Å². The quantitative estimate of drug-likeness (QED) is 0.209. The Hall–Kier alpha value is -4.04. The lowest BCUT2D eigenvalue weighted by molar-refractivity contribution is -0.114. The summed E-state index contributed by atoms with van der Waals surface area (Å²) in [5, 5.41) is 4.46. The highest BCUT2D eigenvalue weighted by atomic mass is 35.5. The third-order valence-corrected chi connectivity index (χ3v) is 7.08. The number of rotatable bonds is 6. The van der Waals surface area contributed by atoms with Crippen molar-refractivity contribution in [2.24, 2.45) is 0 Å². The molecule has 0 atom stereocenters. The molecule has 0 fully saturated rings.